The van der Waals surface area contributed by atoms with Gasteiger partial charge in [-0.2, -0.15) is 4.98 Å². The number of rotatable bonds is 3. The molecule has 0 aliphatic carbocycles. The zero-order chi connectivity index (χ0) is 17.4. The maximum atomic E-state index is 12.4. The SMILES string of the molecule is O=C(NCc1ccccc1)c1n[nH]n2c1nc(=O)c1cc(Br)ccc12. The Morgan fingerprint density at radius 3 is 2.80 bits per heavy atom. The molecule has 4 rings (SSSR count). The number of H-pyrrole nitrogens is 1. The maximum Gasteiger partial charge on any atom is 0.281 e. The largest absolute Gasteiger partial charge is 0.346 e. The number of halogens is 1. The predicted molar refractivity (Wildman–Crippen MR) is 96.4 cm³/mol. The van der Waals surface area contributed by atoms with Crippen LogP contribution in [0.25, 0.3) is 16.6 Å². The molecule has 0 bridgehead atoms. The van der Waals surface area contributed by atoms with Crippen LogP contribution in [0, 0.1) is 0 Å². The third kappa shape index (κ3) is 2.80. The van der Waals surface area contributed by atoms with Crippen molar-refractivity contribution in [1.82, 2.24) is 25.1 Å². The molecule has 1 amide bonds. The van der Waals surface area contributed by atoms with Crippen molar-refractivity contribution < 1.29 is 4.79 Å². The van der Waals surface area contributed by atoms with Gasteiger partial charge in [-0.05, 0) is 23.8 Å². The zero-order valence-corrected chi connectivity index (χ0v) is 14.4. The summed E-state index contributed by atoms with van der Waals surface area (Å²) in [7, 11) is 0. The van der Waals surface area contributed by atoms with Crippen molar-refractivity contribution in [3.05, 3.63) is 74.6 Å². The number of benzene rings is 2. The Kier molecular flexibility index (Phi) is 3.81. The van der Waals surface area contributed by atoms with Crippen LogP contribution in [-0.2, 0) is 6.54 Å². The van der Waals surface area contributed by atoms with Crippen LogP contribution in [0.5, 0.6) is 0 Å². The van der Waals surface area contributed by atoms with Crippen LogP contribution in [0.2, 0.25) is 0 Å². The molecule has 4 aromatic rings. The summed E-state index contributed by atoms with van der Waals surface area (Å²) < 4.78 is 2.31. The third-order valence-corrected chi connectivity index (χ3v) is 4.33. The van der Waals surface area contributed by atoms with E-state index in [0.29, 0.717) is 17.4 Å². The summed E-state index contributed by atoms with van der Waals surface area (Å²) in [5.74, 6) is -0.397. The third-order valence-electron chi connectivity index (χ3n) is 3.83. The second-order valence-corrected chi connectivity index (χ2v) is 6.38. The average Bonchev–Trinajstić information content (AvgIpc) is 3.04. The highest BCUT2D eigenvalue weighted by Gasteiger charge is 2.18. The second-order valence-electron chi connectivity index (χ2n) is 5.47. The minimum Gasteiger partial charge on any atom is -0.346 e. The number of hydrogen-bond acceptors (Lipinski definition) is 4. The molecule has 2 heterocycles. The lowest BCUT2D eigenvalue weighted by Crippen LogP contribution is -2.24. The van der Waals surface area contributed by atoms with Gasteiger partial charge in [0.25, 0.3) is 11.5 Å². The van der Waals surface area contributed by atoms with Gasteiger partial charge in [0.15, 0.2) is 11.3 Å². The Balaban J connectivity index is 1.73. The fraction of sp³-hybridized carbons (Fsp3) is 0.0588. The molecule has 2 aromatic carbocycles. The molecular formula is C17H12BrN5O2. The molecule has 8 heteroatoms. The molecule has 0 aliphatic heterocycles. The van der Waals surface area contributed by atoms with Crippen LogP contribution in [-0.4, -0.2) is 25.7 Å². The Morgan fingerprint density at radius 2 is 2.00 bits per heavy atom. The zero-order valence-electron chi connectivity index (χ0n) is 12.9. The van der Waals surface area contributed by atoms with Crippen molar-refractivity contribution in [2.24, 2.45) is 0 Å². The lowest BCUT2D eigenvalue weighted by Gasteiger charge is -2.04. The number of aromatic nitrogens is 4. The molecular weight excluding hydrogens is 386 g/mol. The van der Waals surface area contributed by atoms with Gasteiger partial charge in [0, 0.05) is 11.0 Å². The van der Waals surface area contributed by atoms with Gasteiger partial charge in [-0.25, -0.2) is 9.73 Å². The van der Waals surface area contributed by atoms with Gasteiger partial charge in [-0.1, -0.05) is 46.3 Å². The number of carbonyl (C=O) groups excluding carboxylic acids is 1. The van der Waals surface area contributed by atoms with Gasteiger partial charge >= 0.3 is 0 Å². The fourth-order valence-corrected chi connectivity index (χ4v) is 2.98. The molecule has 0 fully saturated rings. The van der Waals surface area contributed by atoms with E-state index in [1.807, 2.05) is 36.4 Å². The van der Waals surface area contributed by atoms with Crippen LogP contribution in [0.1, 0.15) is 16.1 Å². The van der Waals surface area contributed by atoms with E-state index in [1.165, 1.54) is 4.52 Å². The molecule has 2 aromatic heterocycles. The van der Waals surface area contributed by atoms with Crippen LogP contribution in [0.15, 0.2) is 57.8 Å². The molecule has 0 saturated carbocycles. The number of hydrogen-bond donors (Lipinski definition) is 2. The smallest absolute Gasteiger partial charge is 0.281 e. The van der Waals surface area contributed by atoms with Crippen molar-refractivity contribution in [2.45, 2.75) is 6.54 Å². The van der Waals surface area contributed by atoms with Crippen LogP contribution in [0.4, 0.5) is 0 Å². The number of aromatic amines is 1. The summed E-state index contributed by atoms with van der Waals surface area (Å²) in [4.78, 5) is 28.7. The highest BCUT2D eigenvalue weighted by molar-refractivity contribution is 9.10. The van der Waals surface area contributed by atoms with E-state index in [9.17, 15) is 9.59 Å². The van der Waals surface area contributed by atoms with E-state index < -0.39 is 11.5 Å². The minimum atomic E-state index is -0.408. The quantitative estimate of drug-likeness (QED) is 0.554. The molecule has 0 atom stereocenters. The molecule has 124 valence electrons. The van der Waals surface area contributed by atoms with Crippen molar-refractivity contribution in [1.29, 1.82) is 0 Å². The van der Waals surface area contributed by atoms with E-state index in [0.717, 1.165) is 10.0 Å². The van der Waals surface area contributed by atoms with Crippen molar-refractivity contribution in [3.8, 4) is 0 Å². The molecule has 0 spiro atoms. The molecule has 0 saturated heterocycles. The minimum absolute atomic E-state index is 0.0813. The first kappa shape index (κ1) is 15.5. The van der Waals surface area contributed by atoms with Gasteiger partial charge in [0.2, 0.25) is 0 Å². The summed E-state index contributed by atoms with van der Waals surface area (Å²) >= 11 is 3.34. The normalized spacial score (nSPS) is 11.1. The second kappa shape index (κ2) is 6.14. The number of amides is 1. The summed E-state index contributed by atoms with van der Waals surface area (Å²) in [5, 5.41) is 10.0. The summed E-state index contributed by atoms with van der Waals surface area (Å²) in [6, 6.07) is 14.8. The maximum absolute atomic E-state index is 12.4. The predicted octanol–water partition coefficient (Wildman–Crippen LogP) is 2.26. The van der Waals surface area contributed by atoms with E-state index in [1.54, 1.807) is 12.1 Å². The molecule has 0 aliphatic rings. The first-order chi connectivity index (χ1) is 12.1. The number of nitrogens with one attached hydrogen (secondary N) is 2. The molecule has 25 heavy (non-hydrogen) atoms. The monoisotopic (exact) mass is 397 g/mol. The van der Waals surface area contributed by atoms with Gasteiger partial charge in [0.05, 0.1) is 10.9 Å². The molecule has 0 radical (unpaired) electrons. The molecule has 2 N–H and O–H groups in total. The Morgan fingerprint density at radius 1 is 1.20 bits per heavy atom. The summed E-state index contributed by atoms with van der Waals surface area (Å²) in [6.07, 6.45) is 0. The summed E-state index contributed by atoms with van der Waals surface area (Å²) in [6.45, 7) is 0.365. The van der Waals surface area contributed by atoms with Gasteiger partial charge in [-0.3, -0.25) is 9.59 Å². The van der Waals surface area contributed by atoms with E-state index >= 15 is 0 Å². The van der Waals surface area contributed by atoms with Crippen molar-refractivity contribution >= 4 is 38.4 Å². The first-order valence-electron chi connectivity index (χ1n) is 7.52. The topological polar surface area (TPSA) is 92.2 Å². The van der Waals surface area contributed by atoms with Crippen LogP contribution < -0.4 is 10.9 Å². The average molecular weight is 398 g/mol. The van der Waals surface area contributed by atoms with Gasteiger partial charge in [0.1, 0.15) is 0 Å². The van der Waals surface area contributed by atoms with E-state index in [-0.39, 0.29) is 11.3 Å². The molecule has 7 nitrogen and oxygen atoms in total. The Labute approximate surface area is 149 Å². The Bertz CT molecular complexity index is 1150. The van der Waals surface area contributed by atoms with Gasteiger partial charge in [-0.15, -0.1) is 5.10 Å². The highest BCUT2D eigenvalue weighted by Crippen LogP contribution is 2.18. The Hall–Kier alpha value is -3.00. The number of carbonyl (C=O) groups is 1. The van der Waals surface area contributed by atoms with Crippen LogP contribution >= 0.6 is 15.9 Å². The van der Waals surface area contributed by atoms with Crippen LogP contribution in [0.3, 0.4) is 0 Å². The first-order valence-corrected chi connectivity index (χ1v) is 8.31. The standard InChI is InChI=1S/C17H12BrN5O2/c18-11-6-7-13-12(8-11)16(24)20-15-14(21-22-23(13)15)17(25)19-9-10-4-2-1-3-5-10/h1-8,22H,9H2,(H,19,25). The van der Waals surface area contributed by atoms with Crippen molar-refractivity contribution in [3.63, 3.8) is 0 Å². The molecule has 0 unspecified atom stereocenters. The number of fused-ring (bicyclic) bond motifs is 3. The van der Waals surface area contributed by atoms with Crippen molar-refractivity contribution in [2.75, 3.05) is 0 Å². The highest BCUT2D eigenvalue weighted by atomic mass is 79.9. The summed E-state index contributed by atoms with van der Waals surface area (Å²) in [5.41, 5.74) is 1.45. The lowest BCUT2D eigenvalue weighted by molar-refractivity contribution is 0.0947. The van der Waals surface area contributed by atoms with Gasteiger partial charge < -0.3 is 5.32 Å². The fourth-order valence-electron chi connectivity index (χ4n) is 2.62. The van der Waals surface area contributed by atoms with E-state index in [2.05, 4.69) is 36.5 Å². The van der Waals surface area contributed by atoms with E-state index in [4.69, 9.17) is 0 Å². The lowest BCUT2D eigenvalue weighted by atomic mass is 10.2. The number of nitrogens with zero attached hydrogens (tertiary/aromatic N) is 3.